The molecule has 4 heterocycles. The highest BCUT2D eigenvalue weighted by Crippen LogP contribution is 2.32. The third-order valence-corrected chi connectivity index (χ3v) is 6.98. The Morgan fingerprint density at radius 2 is 2.00 bits per heavy atom. The van der Waals surface area contributed by atoms with Crippen molar-refractivity contribution >= 4 is 23.5 Å². The maximum Gasteiger partial charge on any atom is 0.324 e. The Hall–Kier alpha value is -3.40. The number of hydrogen-bond acceptors (Lipinski definition) is 10. The summed E-state index contributed by atoms with van der Waals surface area (Å²) in [6, 6.07) is 4.42. The van der Waals surface area contributed by atoms with E-state index < -0.39 is 0 Å². The van der Waals surface area contributed by atoms with Crippen molar-refractivity contribution in [1.82, 2.24) is 15.6 Å². The van der Waals surface area contributed by atoms with Gasteiger partial charge in [0.15, 0.2) is 11.7 Å². The van der Waals surface area contributed by atoms with Crippen LogP contribution in [0.15, 0.2) is 46.2 Å². The molecule has 4 rings (SSSR count). The first-order valence-electron chi connectivity index (χ1n) is 13.4. The number of fused-ring (bicyclic) bond motifs is 1. The number of nitrogens with two attached hydrogens (primary N) is 1. The second-order valence-electron chi connectivity index (χ2n) is 9.54. The number of aliphatic imine (C=N–C) groups is 2. The molecule has 0 spiro atoms. The van der Waals surface area contributed by atoms with Crippen LogP contribution in [0.2, 0.25) is 0 Å². The number of hydrogen-bond donors (Lipinski definition) is 3. The van der Waals surface area contributed by atoms with E-state index in [9.17, 15) is 4.79 Å². The number of anilines is 1. The Morgan fingerprint density at radius 1 is 1.16 bits per heavy atom. The number of ether oxygens (including phenoxy) is 1. The van der Waals surface area contributed by atoms with E-state index >= 15 is 0 Å². The molecule has 10 nitrogen and oxygen atoms in total. The molecular weight excluding hydrogens is 470 g/mol. The molecule has 2 atom stereocenters. The Labute approximate surface area is 219 Å². The molecule has 2 unspecified atom stereocenters. The zero-order valence-electron chi connectivity index (χ0n) is 21.9. The average molecular weight is 510 g/mol. The van der Waals surface area contributed by atoms with Gasteiger partial charge in [-0.1, -0.05) is 26.2 Å². The van der Waals surface area contributed by atoms with Gasteiger partial charge in [-0.15, -0.1) is 0 Å². The fourth-order valence-corrected chi connectivity index (χ4v) is 4.85. The van der Waals surface area contributed by atoms with Gasteiger partial charge in [0.1, 0.15) is 11.6 Å². The summed E-state index contributed by atoms with van der Waals surface area (Å²) in [6.45, 7) is 6.54. The SMILES string of the molecule is CCc1cc(OCCCCCCCC(=O)ON)cc(N2CCC3N=C(C4=NCC=CN4)NC=C3C2C)n1. The number of piperidine rings is 1. The summed E-state index contributed by atoms with van der Waals surface area (Å²) in [7, 11) is 0. The minimum absolute atomic E-state index is 0.143. The quantitative estimate of drug-likeness (QED) is 0.290. The highest BCUT2D eigenvalue weighted by molar-refractivity contribution is 6.41. The molecule has 1 aromatic rings. The molecule has 200 valence electrons. The van der Waals surface area contributed by atoms with Gasteiger partial charge < -0.3 is 25.1 Å². The van der Waals surface area contributed by atoms with E-state index in [2.05, 4.69) is 51.5 Å². The lowest BCUT2D eigenvalue weighted by molar-refractivity contribution is -0.144. The van der Waals surface area contributed by atoms with E-state index in [4.69, 9.17) is 20.6 Å². The monoisotopic (exact) mass is 509 g/mol. The van der Waals surface area contributed by atoms with Gasteiger partial charge in [-0.2, -0.15) is 5.90 Å². The Morgan fingerprint density at radius 3 is 2.78 bits per heavy atom. The minimum Gasteiger partial charge on any atom is -0.493 e. The van der Waals surface area contributed by atoms with Gasteiger partial charge in [0, 0.05) is 43.2 Å². The van der Waals surface area contributed by atoms with Crippen molar-refractivity contribution in [3.63, 3.8) is 0 Å². The molecule has 0 amide bonds. The number of carbonyl (C=O) groups excluding carboxylic acids is 1. The summed E-state index contributed by atoms with van der Waals surface area (Å²) >= 11 is 0. The Balaban J connectivity index is 1.31. The number of pyridine rings is 1. The van der Waals surface area contributed by atoms with Crippen LogP contribution in [0, 0.1) is 0 Å². The van der Waals surface area contributed by atoms with E-state index in [1.165, 1.54) is 5.57 Å². The number of aromatic nitrogens is 1. The van der Waals surface area contributed by atoms with E-state index in [1.54, 1.807) is 0 Å². The zero-order chi connectivity index (χ0) is 26.0. The van der Waals surface area contributed by atoms with Crippen molar-refractivity contribution < 1.29 is 14.4 Å². The van der Waals surface area contributed by atoms with Crippen molar-refractivity contribution in [3.05, 3.63) is 41.9 Å². The van der Waals surface area contributed by atoms with E-state index in [1.807, 2.05) is 18.3 Å². The zero-order valence-corrected chi connectivity index (χ0v) is 21.9. The normalized spacial score (nSPS) is 20.6. The van der Waals surface area contributed by atoms with Gasteiger partial charge in [0.2, 0.25) is 0 Å². The summed E-state index contributed by atoms with van der Waals surface area (Å²) in [5.74, 6) is 7.93. The lowest BCUT2D eigenvalue weighted by Gasteiger charge is -2.41. The number of amidine groups is 2. The smallest absolute Gasteiger partial charge is 0.324 e. The molecule has 1 aromatic heterocycles. The van der Waals surface area contributed by atoms with Crippen LogP contribution in [-0.2, 0) is 16.1 Å². The van der Waals surface area contributed by atoms with Crippen LogP contribution in [-0.4, -0.2) is 54.4 Å². The van der Waals surface area contributed by atoms with Gasteiger partial charge in [0.05, 0.1) is 25.2 Å². The molecule has 0 saturated carbocycles. The standard InChI is InChI=1S/C27H39N7O3/c1-3-20-16-21(36-15-8-6-4-5-7-10-25(35)37-28)17-24(32-20)34-14-11-23-22(19(34)2)18-31-27(33-23)26-29-12-9-13-30-26/h9,12,16-19,23H,3-8,10-11,13-15,28H2,1-2H3,(H,29,30)(H,31,33). The minimum atomic E-state index is -0.347. The van der Waals surface area contributed by atoms with Crippen LogP contribution in [0.3, 0.4) is 0 Å². The van der Waals surface area contributed by atoms with Crippen LogP contribution in [0.4, 0.5) is 5.82 Å². The molecule has 1 saturated heterocycles. The van der Waals surface area contributed by atoms with Gasteiger partial charge in [-0.3, -0.25) is 14.8 Å². The summed E-state index contributed by atoms with van der Waals surface area (Å²) in [5.41, 5.74) is 2.28. The summed E-state index contributed by atoms with van der Waals surface area (Å²) in [4.78, 5) is 32.0. The first kappa shape index (κ1) is 26.7. The molecule has 0 aliphatic carbocycles. The average Bonchev–Trinajstić information content (AvgIpc) is 2.94. The summed E-state index contributed by atoms with van der Waals surface area (Å²) < 4.78 is 6.13. The largest absolute Gasteiger partial charge is 0.493 e. The van der Waals surface area contributed by atoms with E-state index in [0.717, 1.165) is 80.4 Å². The maximum atomic E-state index is 11.1. The summed E-state index contributed by atoms with van der Waals surface area (Å²) in [6.07, 6.45) is 13.0. The first-order chi connectivity index (χ1) is 18.1. The molecule has 3 aliphatic heterocycles. The van der Waals surface area contributed by atoms with Gasteiger partial charge >= 0.3 is 5.97 Å². The number of rotatable bonds is 12. The number of nitrogens with one attached hydrogen (secondary N) is 2. The first-order valence-corrected chi connectivity index (χ1v) is 13.4. The Kier molecular flexibility index (Phi) is 9.53. The molecule has 0 aromatic carbocycles. The number of carbonyl (C=O) groups is 1. The third kappa shape index (κ3) is 7.09. The molecule has 4 N–H and O–H groups in total. The van der Waals surface area contributed by atoms with Crippen LogP contribution in [0.1, 0.15) is 64.5 Å². The molecule has 10 heteroatoms. The summed E-state index contributed by atoms with van der Waals surface area (Å²) in [5, 5.41) is 6.53. The van der Waals surface area contributed by atoms with Crippen molar-refractivity contribution in [3.8, 4) is 5.75 Å². The highest BCUT2D eigenvalue weighted by atomic mass is 16.7. The molecule has 1 fully saturated rings. The molecule has 0 radical (unpaired) electrons. The molecule has 0 bridgehead atoms. The molecular formula is C27H39N7O3. The number of aryl methyl sites for hydroxylation is 1. The van der Waals surface area contributed by atoms with Gasteiger partial charge in [0.25, 0.3) is 0 Å². The van der Waals surface area contributed by atoms with Crippen LogP contribution < -0.4 is 26.2 Å². The molecule has 3 aliphatic rings. The van der Waals surface area contributed by atoms with Crippen molar-refractivity contribution in [2.75, 3.05) is 24.6 Å². The second kappa shape index (κ2) is 13.2. The maximum absolute atomic E-state index is 11.1. The molecule has 37 heavy (non-hydrogen) atoms. The van der Waals surface area contributed by atoms with Gasteiger partial charge in [-0.25, -0.2) is 4.98 Å². The predicted molar refractivity (Wildman–Crippen MR) is 146 cm³/mol. The lowest BCUT2D eigenvalue weighted by Crippen LogP contribution is -2.49. The van der Waals surface area contributed by atoms with Crippen LogP contribution in [0.25, 0.3) is 0 Å². The number of nitrogens with zero attached hydrogens (tertiary/aromatic N) is 4. The lowest BCUT2D eigenvalue weighted by atomic mass is 9.91. The van der Waals surface area contributed by atoms with Crippen LogP contribution in [0.5, 0.6) is 5.75 Å². The number of unbranched alkanes of at least 4 members (excludes halogenated alkanes) is 4. The predicted octanol–water partition coefficient (Wildman–Crippen LogP) is 3.15. The Bertz CT molecular complexity index is 1070. The van der Waals surface area contributed by atoms with Crippen LogP contribution >= 0.6 is 0 Å². The fraction of sp³-hybridized carbons (Fsp3) is 0.556. The third-order valence-electron chi connectivity index (χ3n) is 6.98. The van der Waals surface area contributed by atoms with Crippen molar-refractivity contribution in [2.24, 2.45) is 15.9 Å². The topological polar surface area (TPSA) is 126 Å². The highest BCUT2D eigenvalue weighted by Gasteiger charge is 2.34. The fourth-order valence-electron chi connectivity index (χ4n) is 4.85. The second-order valence-corrected chi connectivity index (χ2v) is 9.54. The van der Waals surface area contributed by atoms with E-state index in [-0.39, 0.29) is 18.1 Å². The van der Waals surface area contributed by atoms with Crippen molar-refractivity contribution in [1.29, 1.82) is 0 Å². The van der Waals surface area contributed by atoms with Gasteiger partial charge in [-0.05, 0) is 44.3 Å². The van der Waals surface area contributed by atoms with Crippen molar-refractivity contribution in [2.45, 2.75) is 77.3 Å². The van der Waals surface area contributed by atoms with E-state index in [0.29, 0.717) is 19.6 Å².